The Bertz CT molecular complexity index is 1050. The van der Waals surface area contributed by atoms with E-state index < -0.39 is 10.0 Å². The van der Waals surface area contributed by atoms with Crippen LogP contribution in [0.15, 0.2) is 65.6 Å². The van der Waals surface area contributed by atoms with Crippen molar-refractivity contribution in [2.24, 2.45) is 0 Å². The minimum atomic E-state index is -3.60. The number of aromatic nitrogens is 1. The Morgan fingerprint density at radius 3 is 2.59 bits per heavy atom. The molecule has 0 N–H and O–H groups in total. The van der Waals surface area contributed by atoms with Crippen molar-refractivity contribution in [3.63, 3.8) is 0 Å². The van der Waals surface area contributed by atoms with Gasteiger partial charge < -0.3 is 0 Å². The number of fused-ring (bicyclic) bond motifs is 1. The molecule has 1 unspecified atom stereocenters. The molecule has 1 aliphatic heterocycles. The highest BCUT2D eigenvalue weighted by Gasteiger charge is 2.31. The van der Waals surface area contributed by atoms with E-state index in [9.17, 15) is 8.42 Å². The van der Waals surface area contributed by atoms with Crippen molar-refractivity contribution in [1.29, 1.82) is 0 Å². The number of para-hydroxylation sites is 1. The lowest BCUT2D eigenvalue weighted by Gasteiger charge is -2.24. The Balaban J connectivity index is 1.74. The second-order valence-corrected chi connectivity index (χ2v) is 9.15. The molecule has 5 heteroatoms. The first-order valence-corrected chi connectivity index (χ1v) is 10.9. The zero-order chi connectivity index (χ0) is 18.9. The Morgan fingerprint density at radius 2 is 1.78 bits per heavy atom. The molecule has 0 aliphatic carbocycles. The summed E-state index contributed by atoms with van der Waals surface area (Å²) in [6, 6.07) is 19.5. The third-order valence-corrected chi connectivity index (χ3v) is 7.24. The lowest BCUT2D eigenvalue weighted by Crippen LogP contribution is -2.34. The van der Waals surface area contributed by atoms with Crippen LogP contribution in [0.2, 0.25) is 0 Å². The fraction of sp³-hybridized carbons (Fsp3) is 0.318. The summed E-state index contributed by atoms with van der Waals surface area (Å²) in [5.41, 5.74) is 2.60. The van der Waals surface area contributed by atoms with Gasteiger partial charge in [0.05, 0.1) is 5.52 Å². The molecule has 1 saturated heterocycles. The number of aryl methyl sites for hydroxylation is 1. The molecule has 4 nitrogen and oxygen atoms in total. The van der Waals surface area contributed by atoms with E-state index in [1.807, 2.05) is 43.3 Å². The quantitative estimate of drug-likeness (QED) is 0.672. The maximum Gasteiger partial charge on any atom is 0.245 e. The summed E-state index contributed by atoms with van der Waals surface area (Å²) < 4.78 is 28.7. The van der Waals surface area contributed by atoms with Crippen molar-refractivity contribution in [3.05, 3.63) is 71.9 Å². The number of sulfonamides is 1. The number of benzene rings is 2. The zero-order valence-electron chi connectivity index (χ0n) is 15.5. The van der Waals surface area contributed by atoms with Gasteiger partial charge in [0.2, 0.25) is 10.0 Å². The fourth-order valence-corrected chi connectivity index (χ4v) is 5.57. The molecule has 3 aromatic rings. The molecular weight excluding hydrogens is 356 g/mol. The minimum absolute atomic E-state index is 0.230. The molecule has 0 spiro atoms. The van der Waals surface area contributed by atoms with Gasteiger partial charge in [0.1, 0.15) is 4.90 Å². The highest BCUT2D eigenvalue weighted by atomic mass is 32.2. The first-order valence-electron chi connectivity index (χ1n) is 9.47. The van der Waals surface area contributed by atoms with Crippen LogP contribution in [-0.4, -0.2) is 30.8 Å². The smallest absolute Gasteiger partial charge is 0.245 e. The van der Waals surface area contributed by atoms with E-state index in [1.54, 1.807) is 16.4 Å². The summed E-state index contributed by atoms with van der Waals surface area (Å²) in [5, 5.41) is 0.858. The molecule has 0 amide bonds. The Hall–Kier alpha value is -2.24. The van der Waals surface area contributed by atoms with Gasteiger partial charge in [-0.25, -0.2) is 8.42 Å². The maximum absolute atomic E-state index is 13.5. The average Bonchev–Trinajstić information content (AvgIpc) is 2.95. The Morgan fingerprint density at radius 1 is 0.963 bits per heavy atom. The van der Waals surface area contributed by atoms with E-state index in [0.29, 0.717) is 23.5 Å². The Labute approximate surface area is 160 Å². The van der Waals surface area contributed by atoms with Gasteiger partial charge in [0, 0.05) is 24.2 Å². The molecule has 0 saturated carbocycles. The third kappa shape index (κ3) is 3.62. The molecule has 0 bridgehead atoms. The summed E-state index contributed by atoms with van der Waals surface area (Å²) in [7, 11) is -3.60. The van der Waals surface area contributed by atoms with Crippen molar-refractivity contribution in [2.75, 3.05) is 13.1 Å². The van der Waals surface area contributed by atoms with Crippen LogP contribution in [0, 0.1) is 6.92 Å². The van der Waals surface area contributed by atoms with Crippen molar-refractivity contribution < 1.29 is 8.42 Å². The molecule has 1 atom stereocenters. The number of rotatable bonds is 3. The van der Waals surface area contributed by atoms with E-state index in [4.69, 9.17) is 0 Å². The molecule has 140 valence electrons. The van der Waals surface area contributed by atoms with Crippen molar-refractivity contribution in [2.45, 2.75) is 37.0 Å². The molecule has 0 radical (unpaired) electrons. The van der Waals surface area contributed by atoms with Gasteiger partial charge in [0.15, 0.2) is 0 Å². The molecule has 2 aromatic carbocycles. The minimum Gasteiger partial charge on any atom is -0.252 e. The second-order valence-electron chi connectivity index (χ2n) is 7.25. The molecule has 1 fully saturated rings. The predicted octanol–water partition coefficient (Wildman–Crippen LogP) is 4.50. The molecule has 1 aliphatic rings. The van der Waals surface area contributed by atoms with Crippen LogP contribution in [0.4, 0.5) is 0 Å². The standard InChI is InChI=1S/C22H24N2O2S/c1-17-13-14-19-11-7-12-21(22(19)23-17)27(25,26)24-15-6-5-10-20(16-24)18-8-3-2-4-9-18/h2-4,7-9,11-14,20H,5-6,10,15-16H2,1H3. The third-order valence-electron chi connectivity index (χ3n) is 5.35. The van der Waals surface area contributed by atoms with E-state index in [0.717, 1.165) is 30.3 Å². The van der Waals surface area contributed by atoms with Gasteiger partial charge in [-0.2, -0.15) is 4.31 Å². The van der Waals surface area contributed by atoms with Crippen LogP contribution in [0.25, 0.3) is 10.9 Å². The van der Waals surface area contributed by atoms with Gasteiger partial charge in [-0.15, -0.1) is 0 Å². The first kappa shape index (κ1) is 18.1. The highest BCUT2D eigenvalue weighted by Crippen LogP contribution is 2.31. The lowest BCUT2D eigenvalue weighted by atomic mass is 9.95. The van der Waals surface area contributed by atoms with Crippen LogP contribution < -0.4 is 0 Å². The fourth-order valence-electron chi connectivity index (χ4n) is 3.89. The van der Waals surface area contributed by atoms with E-state index in [-0.39, 0.29) is 5.92 Å². The largest absolute Gasteiger partial charge is 0.252 e. The Kier molecular flexibility index (Phi) is 4.98. The van der Waals surface area contributed by atoms with Crippen LogP contribution >= 0.6 is 0 Å². The van der Waals surface area contributed by atoms with Gasteiger partial charge >= 0.3 is 0 Å². The van der Waals surface area contributed by atoms with Crippen molar-refractivity contribution in [1.82, 2.24) is 9.29 Å². The van der Waals surface area contributed by atoms with Crippen molar-refractivity contribution in [3.8, 4) is 0 Å². The van der Waals surface area contributed by atoms with Gasteiger partial charge in [-0.3, -0.25) is 4.98 Å². The van der Waals surface area contributed by atoms with Gasteiger partial charge in [-0.1, -0.05) is 55.0 Å². The molecule has 27 heavy (non-hydrogen) atoms. The van der Waals surface area contributed by atoms with E-state index >= 15 is 0 Å². The topological polar surface area (TPSA) is 50.3 Å². The van der Waals surface area contributed by atoms with Gasteiger partial charge in [0.25, 0.3) is 0 Å². The van der Waals surface area contributed by atoms with Gasteiger partial charge in [-0.05, 0) is 43.4 Å². The summed E-state index contributed by atoms with van der Waals surface area (Å²) in [5.74, 6) is 0.230. The number of hydrogen-bond acceptors (Lipinski definition) is 3. The lowest BCUT2D eigenvalue weighted by molar-refractivity contribution is 0.406. The van der Waals surface area contributed by atoms with Crippen molar-refractivity contribution >= 4 is 20.9 Å². The van der Waals surface area contributed by atoms with E-state index in [2.05, 4.69) is 17.1 Å². The molecule has 2 heterocycles. The zero-order valence-corrected chi connectivity index (χ0v) is 16.3. The predicted molar refractivity (Wildman–Crippen MR) is 108 cm³/mol. The van der Waals surface area contributed by atoms with E-state index in [1.165, 1.54) is 5.56 Å². The number of hydrogen-bond donors (Lipinski definition) is 0. The first-order chi connectivity index (χ1) is 13.1. The second kappa shape index (κ2) is 7.41. The summed E-state index contributed by atoms with van der Waals surface area (Å²) >= 11 is 0. The number of pyridine rings is 1. The summed E-state index contributed by atoms with van der Waals surface area (Å²) in [4.78, 5) is 4.85. The highest BCUT2D eigenvalue weighted by molar-refractivity contribution is 7.89. The maximum atomic E-state index is 13.5. The number of nitrogens with zero attached hydrogens (tertiary/aromatic N) is 2. The SMILES string of the molecule is Cc1ccc2cccc(S(=O)(=O)N3CCCCC(c4ccccc4)C3)c2n1. The van der Waals surface area contributed by atoms with Crippen LogP contribution in [-0.2, 0) is 10.0 Å². The van der Waals surface area contributed by atoms with Crippen LogP contribution in [0.5, 0.6) is 0 Å². The monoisotopic (exact) mass is 380 g/mol. The van der Waals surface area contributed by atoms with Crippen LogP contribution in [0.1, 0.15) is 36.4 Å². The summed E-state index contributed by atoms with van der Waals surface area (Å²) in [6.45, 7) is 2.97. The molecule has 4 rings (SSSR count). The molecular formula is C22H24N2O2S. The average molecular weight is 381 g/mol. The summed E-state index contributed by atoms with van der Waals surface area (Å²) in [6.07, 6.45) is 2.95. The van der Waals surface area contributed by atoms with Crippen LogP contribution in [0.3, 0.4) is 0 Å². The molecule has 1 aromatic heterocycles. The normalized spacial score (nSPS) is 19.1.